The first-order valence-corrected chi connectivity index (χ1v) is 15.5. The van der Waals surface area contributed by atoms with Gasteiger partial charge in [0.2, 0.25) is 0 Å². The molecule has 1 aromatic rings. The number of rotatable bonds is 22. The van der Waals surface area contributed by atoms with E-state index in [9.17, 15) is 25.9 Å². The first-order chi connectivity index (χ1) is 17.8. The van der Waals surface area contributed by atoms with E-state index in [1.54, 1.807) is 0 Å². The van der Waals surface area contributed by atoms with Crippen molar-refractivity contribution in [3.8, 4) is 11.5 Å². The maximum atomic E-state index is 10.5. The van der Waals surface area contributed by atoms with E-state index in [1.165, 1.54) is 0 Å². The van der Waals surface area contributed by atoms with E-state index in [-0.39, 0.29) is 161 Å². The fourth-order valence-electron chi connectivity index (χ4n) is 2.95. The predicted molar refractivity (Wildman–Crippen MR) is 138 cm³/mol. The van der Waals surface area contributed by atoms with E-state index >= 15 is 0 Å². The molecule has 0 aliphatic carbocycles. The third-order valence-corrected chi connectivity index (χ3v) is 6.47. The molecular weight excluding hydrogens is 623 g/mol. The van der Waals surface area contributed by atoms with Gasteiger partial charge in [0.15, 0.2) is 11.5 Å². The molecule has 0 saturated carbocycles. The fourth-order valence-corrected chi connectivity index (χ4v) is 3.89. The Bertz CT molecular complexity index is 1000. The van der Waals surface area contributed by atoms with Crippen molar-refractivity contribution in [1.29, 1.82) is 0 Å². The predicted octanol–water partition coefficient (Wildman–Crippen LogP) is -4.31. The van der Waals surface area contributed by atoms with Gasteiger partial charge >= 0.3 is 103 Å². The van der Waals surface area contributed by atoms with Gasteiger partial charge in [0.25, 0.3) is 0 Å². The van der Waals surface area contributed by atoms with Gasteiger partial charge in [0.1, 0.15) is 13.2 Å². The van der Waals surface area contributed by atoms with Crippen molar-refractivity contribution in [3.63, 3.8) is 0 Å². The normalized spacial score (nSPS) is 11.9. The van der Waals surface area contributed by atoms with Crippen LogP contribution in [0.2, 0.25) is 0 Å². The molecule has 0 unspecified atom stereocenters. The van der Waals surface area contributed by atoms with Crippen molar-refractivity contribution >= 4 is 20.2 Å². The second-order valence-corrected chi connectivity index (χ2v) is 12.3. The molecule has 0 aromatic heterocycles. The maximum Gasteiger partial charge on any atom is 1.00 e. The molecule has 0 fully saturated rings. The largest absolute Gasteiger partial charge is 1.00 e. The summed E-state index contributed by atoms with van der Waals surface area (Å²) in [6.45, 7) is 8.97. The van der Waals surface area contributed by atoms with Crippen molar-refractivity contribution in [2.24, 2.45) is 0 Å². The van der Waals surface area contributed by atoms with Crippen LogP contribution in [0.3, 0.4) is 0 Å². The van der Waals surface area contributed by atoms with Crippen LogP contribution in [-0.2, 0) is 44.6 Å². The van der Waals surface area contributed by atoms with Gasteiger partial charge in [-0.2, -0.15) is 0 Å². The third-order valence-electron chi connectivity index (χ3n) is 4.89. The van der Waals surface area contributed by atoms with Crippen LogP contribution in [0.4, 0.5) is 0 Å². The standard InChI is InChI=1S/C24H42O12S2.2K/c1-24(2,3)21-6-7-22(35-16-14-33-12-10-31-8-4-18-37(25,26)27)23(20-21)36-17-15-34-13-11-32-9-5-19-38(28,29)30;;/h6-7,20H,4-5,8-19H2,1-3H3,(H,25,26,27)(H,28,29,30);;/q;2*+1/p-2. The van der Waals surface area contributed by atoms with Gasteiger partial charge in [-0.3, -0.25) is 0 Å². The second-order valence-electron chi connectivity index (χ2n) is 9.29. The second kappa shape index (κ2) is 24.0. The minimum Gasteiger partial charge on any atom is -0.748 e. The molecule has 12 nitrogen and oxygen atoms in total. The fraction of sp³-hybridized carbons (Fsp3) is 0.750. The van der Waals surface area contributed by atoms with Crippen molar-refractivity contribution in [2.75, 3.05) is 77.6 Å². The molecule has 1 rings (SSSR count). The summed E-state index contributed by atoms with van der Waals surface area (Å²) in [4.78, 5) is 0. The van der Waals surface area contributed by atoms with E-state index in [4.69, 9.17) is 28.4 Å². The Kier molecular flexibility index (Phi) is 26.4. The van der Waals surface area contributed by atoms with Crippen molar-refractivity contribution in [2.45, 2.75) is 39.0 Å². The molecule has 0 bridgehead atoms. The van der Waals surface area contributed by atoms with Gasteiger partial charge in [0.05, 0.1) is 59.9 Å². The smallest absolute Gasteiger partial charge is 0.748 e. The van der Waals surface area contributed by atoms with E-state index in [1.807, 2.05) is 18.2 Å². The van der Waals surface area contributed by atoms with Crippen LogP contribution in [0, 0.1) is 0 Å². The Morgan fingerprint density at radius 3 is 1.38 bits per heavy atom. The van der Waals surface area contributed by atoms with Crippen molar-refractivity contribution < 1.29 is 157 Å². The molecule has 0 atom stereocenters. The Hall–Kier alpha value is 1.75. The van der Waals surface area contributed by atoms with Gasteiger partial charge in [-0.15, -0.1) is 0 Å². The zero-order valence-electron chi connectivity index (χ0n) is 24.3. The van der Waals surface area contributed by atoms with E-state index in [2.05, 4.69) is 20.8 Å². The number of hydrogen-bond acceptors (Lipinski definition) is 12. The zero-order valence-corrected chi connectivity index (χ0v) is 32.2. The SMILES string of the molecule is CC(C)(C)c1ccc(OCCOCCOCCCS(=O)(=O)[O-])c(OCCOCCOCCCS(=O)(=O)[O-])c1.[K+].[K+]. The van der Waals surface area contributed by atoms with Gasteiger partial charge in [-0.05, 0) is 36.0 Å². The number of ether oxygens (including phenoxy) is 6. The summed E-state index contributed by atoms with van der Waals surface area (Å²) < 4.78 is 96.2. The maximum absolute atomic E-state index is 10.5. The molecule has 1 aromatic carbocycles. The summed E-state index contributed by atoms with van der Waals surface area (Å²) in [7, 11) is -8.43. The van der Waals surface area contributed by atoms with Crippen LogP contribution in [0.1, 0.15) is 39.2 Å². The molecule has 0 saturated heterocycles. The molecule has 0 amide bonds. The molecule has 0 radical (unpaired) electrons. The van der Waals surface area contributed by atoms with Crippen LogP contribution in [0.25, 0.3) is 0 Å². The first-order valence-electron chi connectivity index (χ1n) is 12.4. The molecule has 0 heterocycles. The summed E-state index contributed by atoms with van der Waals surface area (Å²) in [5.41, 5.74) is 0.990. The van der Waals surface area contributed by atoms with Crippen LogP contribution >= 0.6 is 0 Å². The Morgan fingerprint density at radius 2 is 0.975 bits per heavy atom. The minimum absolute atomic E-state index is 0. The summed E-state index contributed by atoms with van der Waals surface area (Å²) in [5, 5.41) is 0. The van der Waals surface area contributed by atoms with Crippen molar-refractivity contribution in [3.05, 3.63) is 23.8 Å². The number of benzene rings is 1. The Balaban J connectivity index is 0. The molecule has 222 valence electrons. The topological polar surface area (TPSA) is 170 Å². The molecule has 0 spiro atoms. The molecular formula is C24H40K2O12S2. The van der Waals surface area contributed by atoms with Crippen LogP contribution in [-0.4, -0.2) is 104 Å². The minimum atomic E-state index is -4.21. The summed E-state index contributed by atoms with van der Waals surface area (Å²) >= 11 is 0. The molecule has 40 heavy (non-hydrogen) atoms. The quantitative estimate of drug-likeness (QED) is 0.0666. The van der Waals surface area contributed by atoms with Gasteiger partial charge < -0.3 is 37.5 Å². The van der Waals surface area contributed by atoms with E-state index < -0.39 is 31.7 Å². The van der Waals surface area contributed by atoms with Crippen LogP contribution in [0.15, 0.2) is 18.2 Å². The average molecular weight is 663 g/mol. The van der Waals surface area contributed by atoms with E-state index in [0.717, 1.165) is 5.56 Å². The first kappa shape index (κ1) is 43.9. The van der Waals surface area contributed by atoms with E-state index in [0.29, 0.717) is 37.9 Å². The number of hydrogen-bond donors (Lipinski definition) is 0. The van der Waals surface area contributed by atoms with Gasteiger partial charge in [-0.25, -0.2) is 16.8 Å². The van der Waals surface area contributed by atoms with Gasteiger partial charge in [-0.1, -0.05) is 26.8 Å². The molecule has 0 aliphatic heterocycles. The van der Waals surface area contributed by atoms with Crippen LogP contribution < -0.4 is 112 Å². The van der Waals surface area contributed by atoms with Crippen molar-refractivity contribution in [1.82, 2.24) is 0 Å². The molecule has 16 heteroatoms. The molecule has 0 N–H and O–H groups in total. The summed E-state index contributed by atoms with van der Waals surface area (Å²) in [6, 6.07) is 5.75. The average Bonchev–Trinajstić information content (AvgIpc) is 2.80. The summed E-state index contributed by atoms with van der Waals surface area (Å²) in [5.74, 6) is 0.252. The summed E-state index contributed by atoms with van der Waals surface area (Å²) in [6.07, 6.45) is 0.303. The monoisotopic (exact) mass is 662 g/mol. The van der Waals surface area contributed by atoms with Gasteiger partial charge in [0, 0.05) is 24.7 Å². The third kappa shape index (κ3) is 25.1. The Morgan fingerprint density at radius 1 is 0.600 bits per heavy atom. The zero-order chi connectivity index (χ0) is 28.5. The Labute approximate surface area is 324 Å². The van der Waals surface area contributed by atoms with Crippen LogP contribution in [0.5, 0.6) is 11.5 Å². The molecule has 0 aliphatic rings.